The second-order valence-corrected chi connectivity index (χ2v) is 9.91. The molecule has 0 spiro atoms. The molecule has 1 heterocycles. The molecule has 0 N–H and O–H groups in total. The van der Waals surface area contributed by atoms with E-state index in [9.17, 15) is 8.42 Å². The highest BCUT2D eigenvalue weighted by Crippen LogP contribution is 2.37. The molecular weight excluding hydrogens is 400 g/mol. The average Bonchev–Trinajstić information content (AvgIpc) is 3.19. The van der Waals surface area contributed by atoms with Crippen molar-refractivity contribution < 1.29 is 8.42 Å². The molecule has 0 radical (unpaired) electrons. The minimum atomic E-state index is -3.23. The molecule has 6 heteroatoms. The molecule has 0 aliphatic carbocycles. The number of nitrogens with zero attached hydrogens (tertiary/aromatic N) is 2. The normalized spacial score (nSPS) is 16.7. The summed E-state index contributed by atoms with van der Waals surface area (Å²) in [6.07, 6.45) is 4.07. The summed E-state index contributed by atoms with van der Waals surface area (Å²) in [5, 5.41) is 6.93. The van der Waals surface area contributed by atoms with Crippen LogP contribution in [0.25, 0.3) is 0 Å². The van der Waals surface area contributed by atoms with Gasteiger partial charge in [0.25, 0.3) is 0 Å². The van der Waals surface area contributed by atoms with Gasteiger partial charge in [-0.1, -0.05) is 42.5 Å². The molecule has 0 aromatic heterocycles. The maximum atomic E-state index is 11.8. The van der Waals surface area contributed by atoms with Gasteiger partial charge < -0.3 is 0 Å². The quantitative estimate of drug-likeness (QED) is 0.533. The predicted octanol–water partition coefficient (Wildman–Crippen LogP) is 5.17. The Morgan fingerprint density at radius 1 is 0.931 bits per heavy atom. The molecule has 0 bridgehead atoms. The highest BCUT2D eigenvalue weighted by atomic mass is 32.2. The molecule has 0 amide bonds. The first kappa shape index (κ1) is 19.7. The van der Waals surface area contributed by atoms with Gasteiger partial charge in [0.15, 0.2) is 9.84 Å². The maximum Gasteiger partial charge on any atom is 0.175 e. The Bertz CT molecular complexity index is 1120. The van der Waals surface area contributed by atoms with Crippen LogP contribution in [0.1, 0.15) is 23.6 Å². The zero-order valence-electron chi connectivity index (χ0n) is 16.3. The van der Waals surface area contributed by atoms with Gasteiger partial charge in [0.05, 0.1) is 22.3 Å². The van der Waals surface area contributed by atoms with Gasteiger partial charge in [-0.05, 0) is 53.8 Å². The van der Waals surface area contributed by atoms with E-state index in [0.717, 1.165) is 23.4 Å². The number of hydrogen-bond acceptors (Lipinski definition) is 5. The number of anilines is 1. The first-order chi connectivity index (χ1) is 14.0. The molecule has 0 fully saturated rings. The van der Waals surface area contributed by atoms with Crippen LogP contribution in [-0.4, -0.2) is 26.6 Å². The van der Waals surface area contributed by atoms with Gasteiger partial charge in [0.2, 0.25) is 0 Å². The molecule has 29 heavy (non-hydrogen) atoms. The monoisotopic (exact) mass is 422 g/mol. The van der Waals surface area contributed by atoms with Crippen LogP contribution in [0.15, 0.2) is 93.8 Å². The fraction of sp³-hybridized carbons (Fsp3) is 0.174. The van der Waals surface area contributed by atoms with Crippen LogP contribution in [0, 0.1) is 0 Å². The van der Waals surface area contributed by atoms with E-state index in [4.69, 9.17) is 5.10 Å². The molecule has 148 valence electrons. The maximum absolute atomic E-state index is 11.8. The Labute approximate surface area is 176 Å². The van der Waals surface area contributed by atoms with Crippen LogP contribution in [0.4, 0.5) is 5.69 Å². The van der Waals surface area contributed by atoms with Gasteiger partial charge in [0.1, 0.15) is 0 Å². The molecule has 3 aromatic rings. The lowest BCUT2D eigenvalue weighted by molar-refractivity contribution is 0.602. The third-order valence-corrected chi connectivity index (χ3v) is 6.92. The first-order valence-corrected chi connectivity index (χ1v) is 12.4. The van der Waals surface area contributed by atoms with E-state index >= 15 is 0 Å². The van der Waals surface area contributed by atoms with E-state index in [1.54, 1.807) is 23.9 Å². The van der Waals surface area contributed by atoms with E-state index in [-0.39, 0.29) is 6.04 Å². The van der Waals surface area contributed by atoms with E-state index in [1.807, 2.05) is 35.3 Å². The summed E-state index contributed by atoms with van der Waals surface area (Å²) < 4.78 is 23.6. The highest BCUT2D eigenvalue weighted by Gasteiger charge is 2.30. The topological polar surface area (TPSA) is 49.7 Å². The zero-order chi connectivity index (χ0) is 20.4. The van der Waals surface area contributed by atoms with Crippen molar-refractivity contribution in [3.63, 3.8) is 0 Å². The van der Waals surface area contributed by atoms with E-state index in [2.05, 4.69) is 42.7 Å². The van der Waals surface area contributed by atoms with E-state index in [0.29, 0.717) is 4.90 Å². The van der Waals surface area contributed by atoms with Gasteiger partial charge in [-0.2, -0.15) is 5.10 Å². The highest BCUT2D eigenvalue weighted by molar-refractivity contribution is 7.98. The van der Waals surface area contributed by atoms with Crippen LogP contribution in [0.5, 0.6) is 0 Å². The van der Waals surface area contributed by atoms with Gasteiger partial charge in [0, 0.05) is 17.6 Å². The van der Waals surface area contributed by atoms with Crippen molar-refractivity contribution in [1.29, 1.82) is 0 Å². The molecule has 0 saturated heterocycles. The third-order valence-electron chi connectivity index (χ3n) is 5.05. The minimum Gasteiger partial charge on any atom is -0.257 e. The van der Waals surface area contributed by atoms with Crippen molar-refractivity contribution in [3.05, 3.63) is 90.0 Å². The van der Waals surface area contributed by atoms with Crippen molar-refractivity contribution in [2.75, 3.05) is 17.5 Å². The van der Waals surface area contributed by atoms with Crippen LogP contribution in [0.2, 0.25) is 0 Å². The second-order valence-electron chi connectivity index (χ2n) is 7.02. The summed E-state index contributed by atoms with van der Waals surface area (Å²) >= 11 is 1.72. The molecule has 1 aliphatic rings. The SMILES string of the molecule is CSc1ccc(C2=NN(c3ccc(S(C)(=O)=O)cc3)C(c3ccccc3)C2)cc1. The van der Waals surface area contributed by atoms with Crippen molar-refractivity contribution in [2.24, 2.45) is 5.10 Å². The Hall–Kier alpha value is -2.57. The molecule has 4 nitrogen and oxygen atoms in total. The number of thioether (sulfide) groups is 1. The zero-order valence-corrected chi connectivity index (χ0v) is 18.0. The lowest BCUT2D eigenvalue weighted by Gasteiger charge is -2.24. The summed E-state index contributed by atoms with van der Waals surface area (Å²) in [7, 11) is -3.23. The smallest absolute Gasteiger partial charge is 0.175 e. The van der Waals surface area contributed by atoms with Gasteiger partial charge in [-0.15, -0.1) is 11.8 Å². The Morgan fingerprint density at radius 3 is 2.17 bits per heavy atom. The van der Waals surface area contributed by atoms with Crippen LogP contribution in [0.3, 0.4) is 0 Å². The summed E-state index contributed by atoms with van der Waals surface area (Å²) in [6.45, 7) is 0. The number of rotatable bonds is 5. The average molecular weight is 423 g/mol. The van der Waals surface area contributed by atoms with Crippen molar-refractivity contribution in [3.8, 4) is 0 Å². The number of benzene rings is 3. The summed E-state index contributed by atoms with van der Waals surface area (Å²) in [5.74, 6) is 0. The predicted molar refractivity (Wildman–Crippen MR) is 121 cm³/mol. The summed E-state index contributed by atoms with van der Waals surface area (Å²) in [5.41, 5.74) is 4.19. The fourth-order valence-corrected chi connectivity index (χ4v) is 4.53. The second kappa shape index (κ2) is 8.05. The Balaban J connectivity index is 1.72. The Morgan fingerprint density at radius 2 is 1.59 bits per heavy atom. The van der Waals surface area contributed by atoms with Crippen molar-refractivity contribution in [1.82, 2.24) is 0 Å². The summed E-state index contributed by atoms with van der Waals surface area (Å²) in [6, 6.07) is 25.8. The first-order valence-electron chi connectivity index (χ1n) is 9.32. The molecular formula is C23H22N2O2S2. The molecule has 1 atom stereocenters. The lowest BCUT2D eigenvalue weighted by atomic mass is 9.98. The fourth-order valence-electron chi connectivity index (χ4n) is 3.49. The third kappa shape index (κ3) is 4.23. The number of hydrogen-bond donors (Lipinski definition) is 0. The van der Waals surface area contributed by atoms with Crippen LogP contribution < -0.4 is 5.01 Å². The Kier molecular flexibility index (Phi) is 5.48. The van der Waals surface area contributed by atoms with Gasteiger partial charge >= 0.3 is 0 Å². The van der Waals surface area contributed by atoms with E-state index in [1.165, 1.54) is 16.7 Å². The summed E-state index contributed by atoms with van der Waals surface area (Å²) in [4.78, 5) is 1.54. The molecule has 0 saturated carbocycles. The van der Waals surface area contributed by atoms with Crippen molar-refractivity contribution >= 4 is 33.0 Å². The van der Waals surface area contributed by atoms with Crippen LogP contribution in [-0.2, 0) is 9.84 Å². The number of hydrazone groups is 1. The standard InChI is InChI=1S/C23H22N2O2S2/c1-28-20-12-8-17(9-13-20)22-16-23(18-6-4-3-5-7-18)25(24-22)19-10-14-21(15-11-19)29(2,26)27/h3-15,23H,16H2,1-2H3. The largest absolute Gasteiger partial charge is 0.257 e. The molecule has 3 aromatic carbocycles. The molecule has 4 rings (SSSR count). The van der Waals surface area contributed by atoms with E-state index < -0.39 is 9.84 Å². The number of sulfone groups is 1. The lowest BCUT2D eigenvalue weighted by Crippen LogP contribution is -2.18. The molecule has 1 unspecified atom stereocenters. The molecule has 1 aliphatic heterocycles. The minimum absolute atomic E-state index is 0.0653. The van der Waals surface area contributed by atoms with Gasteiger partial charge in [-0.3, -0.25) is 5.01 Å². The van der Waals surface area contributed by atoms with Crippen molar-refractivity contribution in [2.45, 2.75) is 22.3 Å². The van der Waals surface area contributed by atoms with Crippen LogP contribution >= 0.6 is 11.8 Å². The van der Waals surface area contributed by atoms with Gasteiger partial charge in [-0.25, -0.2) is 8.42 Å².